The van der Waals surface area contributed by atoms with Gasteiger partial charge in [0.1, 0.15) is 6.33 Å². The highest BCUT2D eigenvalue weighted by atomic mass is 16.5. The first-order chi connectivity index (χ1) is 16.8. The monoisotopic (exact) mass is 471 g/mol. The summed E-state index contributed by atoms with van der Waals surface area (Å²) < 4.78 is 7.34. The fourth-order valence-electron chi connectivity index (χ4n) is 5.96. The smallest absolute Gasteiger partial charge is 0.159 e. The zero-order valence-corrected chi connectivity index (χ0v) is 21.6. The Balaban J connectivity index is 1.40. The standard InChI is InChI=1S/C29H37N5O/c1-18(2)26-23-12-20(19-8-10-33(11-9-19)22-15-35-16-22)6-7-25(23)32-27(26)21-13-24(29(3,4)5)28-30-17-31-34(28)14-21/h6-7,12-14,17-19,22,32H,8-11,15-16H2,1-5H3. The topological polar surface area (TPSA) is 58.5 Å². The van der Waals surface area contributed by atoms with Gasteiger partial charge in [-0.2, -0.15) is 5.10 Å². The van der Waals surface area contributed by atoms with E-state index in [2.05, 4.69) is 85.0 Å². The molecule has 0 amide bonds. The number of nitrogens with one attached hydrogen (secondary N) is 1. The lowest BCUT2D eigenvalue weighted by atomic mass is 9.85. The van der Waals surface area contributed by atoms with Gasteiger partial charge in [-0.25, -0.2) is 9.50 Å². The molecule has 0 unspecified atom stereocenters. The van der Waals surface area contributed by atoms with Crippen LogP contribution in [0.25, 0.3) is 27.8 Å². The summed E-state index contributed by atoms with van der Waals surface area (Å²) in [6.45, 7) is 15.5. The number of piperidine rings is 1. The van der Waals surface area contributed by atoms with Crippen LogP contribution in [0.2, 0.25) is 0 Å². The van der Waals surface area contributed by atoms with Crippen LogP contribution < -0.4 is 0 Å². The maximum Gasteiger partial charge on any atom is 0.159 e. The molecule has 2 fully saturated rings. The maximum absolute atomic E-state index is 5.41. The third-order valence-electron chi connectivity index (χ3n) is 8.05. The predicted octanol–water partition coefficient (Wildman–Crippen LogP) is 5.88. The predicted molar refractivity (Wildman–Crippen MR) is 141 cm³/mol. The van der Waals surface area contributed by atoms with E-state index in [1.807, 2.05) is 4.52 Å². The molecule has 1 N–H and O–H groups in total. The van der Waals surface area contributed by atoms with Gasteiger partial charge in [-0.3, -0.25) is 4.90 Å². The van der Waals surface area contributed by atoms with Gasteiger partial charge in [-0.1, -0.05) is 40.7 Å². The molecule has 0 bridgehead atoms. The fraction of sp³-hybridized carbons (Fsp3) is 0.517. The zero-order valence-electron chi connectivity index (χ0n) is 21.6. The molecule has 0 aliphatic carbocycles. The van der Waals surface area contributed by atoms with Gasteiger partial charge in [-0.15, -0.1) is 0 Å². The number of benzene rings is 1. The van der Waals surface area contributed by atoms with Crippen molar-refractivity contribution in [1.29, 1.82) is 0 Å². The van der Waals surface area contributed by atoms with Crippen molar-refractivity contribution >= 4 is 16.6 Å². The quantitative estimate of drug-likeness (QED) is 0.404. The molecule has 6 rings (SSSR count). The van der Waals surface area contributed by atoms with Crippen molar-refractivity contribution in [2.45, 2.75) is 70.8 Å². The zero-order chi connectivity index (χ0) is 24.3. The Morgan fingerprint density at radius 1 is 1.09 bits per heavy atom. The number of aromatic nitrogens is 4. The number of H-pyrrole nitrogens is 1. The van der Waals surface area contributed by atoms with E-state index in [1.54, 1.807) is 6.33 Å². The Morgan fingerprint density at radius 2 is 1.86 bits per heavy atom. The summed E-state index contributed by atoms with van der Waals surface area (Å²) in [4.78, 5) is 10.9. The third kappa shape index (κ3) is 3.97. The largest absolute Gasteiger partial charge is 0.378 e. The van der Waals surface area contributed by atoms with E-state index in [9.17, 15) is 0 Å². The van der Waals surface area contributed by atoms with Gasteiger partial charge in [0.2, 0.25) is 0 Å². The summed E-state index contributed by atoms with van der Waals surface area (Å²) in [6, 6.07) is 10.1. The molecular weight excluding hydrogens is 434 g/mol. The summed E-state index contributed by atoms with van der Waals surface area (Å²) in [5.74, 6) is 1.04. The first-order valence-corrected chi connectivity index (χ1v) is 13.1. The van der Waals surface area contributed by atoms with Crippen molar-refractivity contribution in [1.82, 2.24) is 24.5 Å². The third-order valence-corrected chi connectivity index (χ3v) is 8.05. The number of ether oxygens (including phenoxy) is 1. The molecule has 2 aliphatic rings. The van der Waals surface area contributed by atoms with Crippen molar-refractivity contribution in [2.75, 3.05) is 26.3 Å². The maximum atomic E-state index is 5.41. The molecule has 0 atom stereocenters. The number of rotatable bonds is 4. The van der Waals surface area contributed by atoms with Crippen LogP contribution in [-0.4, -0.2) is 56.8 Å². The van der Waals surface area contributed by atoms with Crippen LogP contribution in [0.15, 0.2) is 36.8 Å². The van der Waals surface area contributed by atoms with Gasteiger partial charge < -0.3 is 9.72 Å². The van der Waals surface area contributed by atoms with E-state index < -0.39 is 0 Å². The minimum absolute atomic E-state index is 0.0258. The van der Waals surface area contributed by atoms with E-state index >= 15 is 0 Å². The summed E-state index contributed by atoms with van der Waals surface area (Å²) in [7, 11) is 0. The Morgan fingerprint density at radius 3 is 2.51 bits per heavy atom. The Kier molecular flexibility index (Phi) is 5.49. The number of hydrogen-bond acceptors (Lipinski definition) is 4. The average Bonchev–Trinajstić information content (AvgIpc) is 3.41. The molecule has 2 aliphatic heterocycles. The lowest BCUT2D eigenvalue weighted by Gasteiger charge is -2.41. The average molecular weight is 472 g/mol. The van der Waals surface area contributed by atoms with Crippen LogP contribution in [-0.2, 0) is 10.2 Å². The van der Waals surface area contributed by atoms with Crippen molar-refractivity contribution in [3.8, 4) is 11.3 Å². The Hall–Kier alpha value is -2.70. The van der Waals surface area contributed by atoms with Gasteiger partial charge in [0.15, 0.2) is 5.65 Å². The Labute approximate surface area is 207 Å². The number of hydrogen-bond donors (Lipinski definition) is 1. The highest BCUT2D eigenvalue weighted by molar-refractivity contribution is 5.92. The van der Waals surface area contributed by atoms with Gasteiger partial charge in [0.25, 0.3) is 0 Å². The van der Waals surface area contributed by atoms with Crippen LogP contribution in [0, 0.1) is 0 Å². The van der Waals surface area contributed by atoms with E-state index in [1.165, 1.54) is 64.8 Å². The lowest BCUT2D eigenvalue weighted by molar-refractivity contribution is -0.0712. The second-order valence-electron chi connectivity index (χ2n) is 11.8. The first-order valence-electron chi connectivity index (χ1n) is 13.1. The fourth-order valence-corrected chi connectivity index (χ4v) is 5.96. The summed E-state index contributed by atoms with van der Waals surface area (Å²) >= 11 is 0. The molecule has 6 nitrogen and oxygen atoms in total. The van der Waals surface area contributed by atoms with E-state index in [0.29, 0.717) is 17.9 Å². The molecule has 5 heterocycles. The molecule has 2 saturated heterocycles. The van der Waals surface area contributed by atoms with Gasteiger partial charge >= 0.3 is 0 Å². The van der Waals surface area contributed by atoms with Crippen molar-refractivity contribution in [2.24, 2.45) is 0 Å². The van der Waals surface area contributed by atoms with Crippen LogP contribution >= 0.6 is 0 Å². The molecule has 184 valence electrons. The minimum atomic E-state index is -0.0258. The molecule has 0 saturated carbocycles. The van der Waals surface area contributed by atoms with E-state index in [4.69, 9.17) is 4.74 Å². The van der Waals surface area contributed by atoms with Crippen molar-refractivity contribution in [3.05, 3.63) is 53.5 Å². The number of fused-ring (bicyclic) bond motifs is 2. The second kappa shape index (κ2) is 8.45. The molecule has 35 heavy (non-hydrogen) atoms. The summed E-state index contributed by atoms with van der Waals surface area (Å²) in [5, 5.41) is 5.85. The second-order valence-corrected chi connectivity index (χ2v) is 11.8. The van der Waals surface area contributed by atoms with Crippen molar-refractivity contribution < 1.29 is 4.74 Å². The van der Waals surface area contributed by atoms with Crippen LogP contribution in [0.4, 0.5) is 0 Å². The molecule has 0 radical (unpaired) electrons. The van der Waals surface area contributed by atoms with E-state index in [-0.39, 0.29) is 5.41 Å². The number of likely N-dealkylation sites (tertiary alicyclic amines) is 1. The highest BCUT2D eigenvalue weighted by Crippen LogP contribution is 2.40. The molecule has 6 heteroatoms. The molecule has 4 aromatic rings. The number of aromatic amines is 1. The lowest BCUT2D eigenvalue weighted by Crippen LogP contribution is -2.51. The van der Waals surface area contributed by atoms with Crippen LogP contribution in [0.5, 0.6) is 0 Å². The summed E-state index contributed by atoms with van der Waals surface area (Å²) in [5.41, 5.74) is 8.59. The van der Waals surface area contributed by atoms with Gasteiger partial charge in [0.05, 0.1) is 24.9 Å². The SMILES string of the molecule is CC(C)c1c(-c2cc(C(C)(C)C)c3ncnn3c2)[nH]c2ccc(C3CCN(C4COC4)CC3)cc12. The van der Waals surface area contributed by atoms with Crippen LogP contribution in [0.3, 0.4) is 0 Å². The molecule has 1 aromatic carbocycles. The minimum Gasteiger partial charge on any atom is -0.378 e. The van der Waals surface area contributed by atoms with Gasteiger partial charge in [0, 0.05) is 28.2 Å². The number of pyridine rings is 1. The number of nitrogens with zero attached hydrogens (tertiary/aromatic N) is 4. The highest BCUT2D eigenvalue weighted by Gasteiger charge is 2.30. The molecule has 0 spiro atoms. The van der Waals surface area contributed by atoms with Crippen molar-refractivity contribution in [3.63, 3.8) is 0 Å². The summed E-state index contributed by atoms with van der Waals surface area (Å²) in [6.07, 6.45) is 6.23. The Bertz CT molecular complexity index is 1360. The molecule has 3 aromatic heterocycles. The van der Waals surface area contributed by atoms with Crippen LogP contribution in [0.1, 0.15) is 76.0 Å². The van der Waals surface area contributed by atoms with E-state index in [0.717, 1.165) is 18.9 Å². The van der Waals surface area contributed by atoms with Gasteiger partial charge in [-0.05, 0) is 72.5 Å². The normalized spacial score (nSPS) is 18.7. The molecular formula is C29H37N5O. The first kappa shape index (κ1) is 22.7.